The monoisotopic (exact) mass is 445 g/mol. The van der Waals surface area contributed by atoms with E-state index in [4.69, 9.17) is 21.1 Å². The summed E-state index contributed by atoms with van der Waals surface area (Å²) in [4.78, 5) is 13.0. The number of amides is 1. The highest BCUT2D eigenvalue weighted by Gasteiger charge is 2.30. The van der Waals surface area contributed by atoms with Crippen LogP contribution in [0.2, 0.25) is 5.02 Å². The predicted molar refractivity (Wildman–Crippen MR) is 126 cm³/mol. The van der Waals surface area contributed by atoms with E-state index in [9.17, 15) is 4.79 Å². The van der Waals surface area contributed by atoms with Crippen molar-refractivity contribution in [2.24, 2.45) is 0 Å². The zero-order chi connectivity index (χ0) is 22.4. The van der Waals surface area contributed by atoms with E-state index >= 15 is 0 Å². The molecule has 0 bridgehead atoms. The first-order valence-corrected chi connectivity index (χ1v) is 11.1. The smallest absolute Gasteiger partial charge is 0.291 e. The van der Waals surface area contributed by atoms with E-state index in [1.165, 1.54) is 16.7 Å². The van der Waals surface area contributed by atoms with Crippen molar-refractivity contribution in [2.75, 3.05) is 5.32 Å². The normalized spacial score (nSPS) is 12.4. The SMILES string of the molecule is Cc1ccc(Cn2cc3c(n2)-c2c(oc(C(=O)Nc4cc(Cl)ccc4C)c2C)CC3)cc1. The maximum atomic E-state index is 13.0. The highest BCUT2D eigenvalue weighted by molar-refractivity contribution is 6.31. The average molecular weight is 446 g/mol. The standard InChI is InChI=1S/C26H24ClN3O2/c1-15-4-7-18(8-5-15)13-30-14-19-9-11-22-23(24(19)29-30)17(3)25(32-22)26(31)28-21-12-20(27)10-6-16(21)2/h4-8,10,12,14H,9,11,13H2,1-3H3,(H,28,31). The number of halogens is 1. The zero-order valence-corrected chi connectivity index (χ0v) is 19.1. The highest BCUT2D eigenvalue weighted by atomic mass is 35.5. The molecule has 0 atom stereocenters. The summed E-state index contributed by atoms with van der Waals surface area (Å²) in [6, 6.07) is 13.9. The van der Waals surface area contributed by atoms with E-state index in [0.29, 0.717) is 23.0 Å². The van der Waals surface area contributed by atoms with Crippen molar-refractivity contribution in [3.63, 3.8) is 0 Å². The fraction of sp³-hybridized carbons (Fsp3) is 0.231. The van der Waals surface area contributed by atoms with Crippen LogP contribution < -0.4 is 5.32 Å². The summed E-state index contributed by atoms with van der Waals surface area (Å²) >= 11 is 6.10. The molecule has 5 nitrogen and oxygen atoms in total. The number of anilines is 1. The van der Waals surface area contributed by atoms with Gasteiger partial charge in [0.1, 0.15) is 5.76 Å². The van der Waals surface area contributed by atoms with Gasteiger partial charge in [0.05, 0.1) is 12.2 Å². The van der Waals surface area contributed by atoms with Crippen molar-refractivity contribution in [1.29, 1.82) is 0 Å². The van der Waals surface area contributed by atoms with Crippen molar-refractivity contribution in [3.8, 4) is 11.3 Å². The minimum Gasteiger partial charge on any atom is -0.455 e. The first kappa shape index (κ1) is 20.6. The number of aryl methyl sites for hydroxylation is 4. The van der Waals surface area contributed by atoms with Crippen molar-refractivity contribution in [2.45, 2.75) is 40.2 Å². The Morgan fingerprint density at radius 3 is 2.69 bits per heavy atom. The molecule has 2 aromatic carbocycles. The number of hydrogen-bond acceptors (Lipinski definition) is 3. The molecule has 0 fully saturated rings. The predicted octanol–water partition coefficient (Wildman–Crippen LogP) is 6.12. The third-order valence-electron chi connectivity index (χ3n) is 6.03. The molecule has 162 valence electrons. The maximum absolute atomic E-state index is 13.0. The maximum Gasteiger partial charge on any atom is 0.291 e. The van der Waals surface area contributed by atoms with Crippen LogP contribution in [0.5, 0.6) is 0 Å². The molecule has 5 rings (SSSR count). The van der Waals surface area contributed by atoms with E-state index in [1.807, 2.05) is 24.6 Å². The van der Waals surface area contributed by atoms with Crippen LogP contribution in [0.25, 0.3) is 11.3 Å². The van der Waals surface area contributed by atoms with Gasteiger partial charge in [0, 0.05) is 34.5 Å². The molecular formula is C26H24ClN3O2. The molecule has 0 saturated heterocycles. The van der Waals surface area contributed by atoms with Gasteiger partial charge in [0.15, 0.2) is 5.76 Å². The number of carbonyl (C=O) groups excluding carboxylic acids is 1. The number of hydrogen-bond donors (Lipinski definition) is 1. The summed E-state index contributed by atoms with van der Waals surface area (Å²) in [6.45, 7) is 6.65. The quantitative estimate of drug-likeness (QED) is 0.411. The Morgan fingerprint density at radius 1 is 1.12 bits per heavy atom. The Morgan fingerprint density at radius 2 is 1.91 bits per heavy atom. The third-order valence-corrected chi connectivity index (χ3v) is 6.27. The molecule has 2 aromatic heterocycles. The number of nitrogens with one attached hydrogen (secondary N) is 1. The molecule has 0 unspecified atom stereocenters. The first-order valence-electron chi connectivity index (χ1n) is 10.7. The lowest BCUT2D eigenvalue weighted by Crippen LogP contribution is -2.13. The summed E-state index contributed by atoms with van der Waals surface area (Å²) < 4.78 is 8.02. The van der Waals surface area contributed by atoms with E-state index < -0.39 is 0 Å². The number of aromatic nitrogens is 2. The summed E-state index contributed by atoms with van der Waals surface area (Å²) in [5, 5.41) is 8.38. The number of rotatable bonds is 4. The minimum absolute atomic E-state index is 0.275. The number of furan rings is 1. The molecule has 1 N–H and O–H groups in total. The molecule has 4 aromatic rings. The molecule has 1 amide bonds. The topological polar surface area (TPSA) is 60.1 Å². The minimum atomic E-state index is -0.275. The van der Waals surface area contributed by atoms with Crippen molar-refractivity contribution >= 4 is 23.2 Å². The van der Waals surface area contributed by atoms with E-state index in [2.05, 4.69) is 42.7 Å². The lowest BCUT2D eigenvalue weighted by Gasteiger charge is -2.09. The van der Waals surface area contributed by atoms with Gasteiger partial charge in [0.25, 0.3) is 5.91 Å². The van der Waals surface area contributed by atoms with Gasteiger partial charge < -0.3 is 9.73 Å². The molecule has 0 spiro atoms. The Hall–Kier alpha value is -3.31. The Kier molecular flexibility index (Phi) is 5.14. The summed E-state index contributed by atoms with van der Waals surface area (Å²) in [6.07, 6.45) is 3.71. The lowest BCUT2D eigenvalue weighted by atomic mass is 9.93. The van der Waals surface area contributed by atoms with Crippen LogP contribution in [0.3, 0.4) is 0 Å². The van der Waals surface area contributed by atoms with Crippen LogP contribution in [0.15, 0.2) is 53.1 Å². The number of nitrogens with zero attached hydrogens (tertiary/aromatic N) is 2. The average Bonchev–Trinajstić information content (AvgIpc) is 3.32. The van der Waals surface area contributed by atoms with Gasteiger partial charge in [-0.1, -0.05) is 47.5 Å². The van der Waals surface area contributed by atoms with Crippen molar-refractivity contribution < 1.29 is 9.21 Å². The largest absolute Gasteiger partial charge is 0.455 e. The highest BCUT2D eigenvalue weighted by Crippen LogP contribution is 2.38. The van der Waals surface area contributed by atoms with Gasteiger partial charge in [-0.2, -0.15) is 5.10 Å². The molecule has 0 radical (unpaired) electrons. The van der Waals surface area contributed by atoms with E-state index in [1.54, 1.807) is 12.1 Å². The molecule has 2 heterocycles. The van der Waals surface area contributed by atoms with Gasteiger partial charge >= 0.3 is 0 Å². The molecule has 32 heavy (non-hydrogen) atoms. The fourth-order valence-electron chi connectivity index (χ4n) is 4.25. The summed E-state index contributed by atoms with van der Waals surface area (Å²) in [5.41, 5.74) is 7.93. The second-order valence-electron chi connectivity index (χ2n) is 8.45. The van der Waals surface area contributed by atoms with E-state index in [-0.39, 0.29) is 5.91 Å². The third kappa shape index (κ3) is 3.73. The summed E-state index contributed by atoms with van der Waals surface area (Å²) in [7, 11) is 0. The van der Waals surface area contributed by atoms with Crippen LogP contribution in [-0.4, -0.2) is 15.7 Å². The van der Waals surface area contributed by atoms with E-state index in [0.717, 1.165) is 41.0 Å². The van der Waals surface area contributed by atoms with Gasteiger partial charge in [-0.25, -0.2) is 0 Å². The van der Waals surface area contributed by atoms with Crippen LogP contribution in [0.4, 0.5) is 5.69 Å². The first-order chi connectivity index (χ1) is 15.4. The zero-order valence-electron chi connectivity index (χ0n) is 18.3. The van der Waals surface area contributed by atoms with Crippen molar-refractivity contribution in [1.82, 2.24) is 9.78 Å². The molecular weight excluding hydrogens is 422 g/mol. The van der Waals surface area contributed by atoms with Crippen LogP contribution in [0.1, 0.15) is 44.1 Å². The lowest BCUT2D eigenvalue weighted by molar-refractivity contribution is 0.0994. The number of benzene rings is 2. The van der Waals surface area contributed by atoms with Crippen LogP contribution in [0, 0.1) is 20.8 Å². The van der Waals surface area contributed by atoms with Gasteiger partial charge in [-0.05, 0) is 56.0 Å². The van der Waals surface area contributed by atoms with Gasteiger partial charge in [0.2, 0.25) is 0 Å². The Balaban J connectivity index is 1.45. The molecule has 1 aliphatic rings. The Labute approximate surface area is 192 Å². The number of carbonyl (C=O) groups is 1. The second-order valence-corrected chi connectivity index (χ2v) is 8.89. The molecule has 0 saturated carbocycles. The number of fused-ring (bicyclic) bond motifs is 3. The van der Waals surface area contributed by atoms with Crippen molar-refractivity contribution in [3.05, 3.63) is 93.0 Å². The molecule has 0 aliphatic heterocycles. The van der Waals surface area contributed by atoms with Crippen LogP contribution in [-0.2, 0) is 19.4 Å². The Bertz CT molecular complexity index is 1330. The van der Waals surface area contributed by atoms with Gasteiger partial charge in [-0.3, -0.25) is 9.48 Å². The summed E-state index contributed by atoms with van der Waals surface area (Å²) in [5.74, 6) is 0.877. The van der Waals surface area contributed by atoms with Gasteiger partial charge in [-0.15, -0.1) is 0 Å². The fourth-order valence-corrected chi connectivity index (χ4v) is 4.42. The van der Waals surface area contributed by atoms with Crippen LogP contribution >= 0.6 is 11.6 Å². The molecule has 6 heteroatoms. The second kappa shape index (κ2) is 7.99. The molecule has 1 aliphatic carbocycles.